The Morgan fingerprint density at radius 2 is 1.91 bits per heavy atom. The minimum Gasteiger partial charge on any atom is -0.378 e. The van der Waals surface area contributed by atoms with Crippen LogP contribution in [0.25, 0.3) is 16.5 Å². The van der Waals surface area contributed by atoms with Crippen molar-refractivity contribution < 1.29 is 13.2 Å². The first-order valence-corrected chi connectivity index (χ1v) is 13.9. The number of aromatic nitrogens is 1. The first-order chi connectivity index (χ1) is 16.5. The average Bonchev–Trinajstić information content (AvgIpc) is 3.64. The van der Waals surface area contributed by atoms with Gasteiger partial charge in [-0.3, -0.25) is 0 Å². The highest BCUT2D eigenvalue weighted by Crippen LogP contribution is 2.42. The maximum atomic E-state index is 12.4. The zero-order valence-electron chi connectivity index (χ0n) is 19.2. The van der Waals surface area contributed by atoms with Crippen molar-refractivity contribution in [1.82, 2.24) is 9.29 Å². The number of benzene rings is 1. The van der Waals surface area contributed by atoms with E-state index in [1.54, 1.807) is 0 Å². The summed E-state index contributed by atoms with van der Waals surface area (Å²) in [6.07, 6.45) is 11.6. The van der Waals surface area contributed by atoms with E-state index in [2.05, 4.69) is 44.5 Å². The van der Waals surface area contributed by atoms with Gasteiger partial charge in [0.25, 0.3) is 0 Å². The molecule has 1 aliphatic heterocycles. The highest BCUT2D eigenvalue weighted by molar-refractivity contribution is 7.90. The Balaban J connectivity index is 1.38. The van der Waals surface area contributed by atoms with Gasteiger partial charge in [-0.25, -0.2) is 13.1 Å². The average molecular weight is 479 g/mol. The normalized spacial score (nSPS) is 23.6. The quantitative estimate of drug-likeness (QED) is 0.681. The summed E-state index contributed by atoms with van der Waals surface area (Å²) in [4.78, 5) is 2.35. The second kappa shape index (κ2) is 8.56. The number of ether oxygens (including phenoxy) is 1. The van der Waals surface area contributed by atoms with Crippen molar-refractivity contribution in [2.45, 2.75) is 55.9 Å². The molecule has 6 rings (SSSR count). The van der Waals surface area contributed by atoms with Gasteiger partial charge >= 0.3 is 0 Å². The van der Waals surface area contributed by atoms with Crippen molar-refractivity contribution in [3.63, 3.8) is 0 Å². The topological polar surface area (TPSA) is 87.4 Å². The highest BCUT2D eigenvalue weighted by atomic mass is 32.2. The molecule has 0 radical (unpaired) electrons. The molecule has 3 fully saturated rings. The summed E-state index contributed by atoms with van der Waals surface area (Å²) in [6, 6.07) is 9.11. The molecular formula is C26H30N4O3S. The van der Waals surface area contributed by atoms with Crippen LogP contribution in [-0.4, -0.2) is 50.6 Å². The van der Waals surface area contributed by atoms with E-state index >= 15 is 0 Å². The fourth-order valence-corrected chi connectivity index (χ4v) is 6.85. The summed E-state index contributed by atoms with van der Waals surface area (Å²) in [5.41, 5.74) is 4.98. The van der Waals surface area contributed by atoms with Crippen molar-refractivity contribution >= 4 is 32.2 Å². The number of nitriles is 1. The molecule has 7 nitrogen and oxygen atoms in total. The van der Waals surface area contributed by atoms with Gasteiger partial charge < -0.3 is 14.2 Å². The minimum absolute atomic E-state index is 0.224. The first kappa shape index (κ1) is 21.9. The number of allylic oxidation sites excluding steroid dienone is 2. The lowest BCUT2D eigenvalue weighted by Crippen LogP contribution is -2.36. The van der Waals surface area contributed by atoms with Gasteiger partial charge in [0.15, 0.2) is 0 Å². The van der Waals surface area contributed by atoms with Crippen LogP contribution in [0.3, 0.4) is 0 Å². The van der Waals surface area contributed by atoms with Crippen LogP contribution in [0.15, 0.2) is 36.4 Å². The molecule has 2 heterocycles. The van der Waals surface area contributed by atoms with E-state index < -0.39 is 10.0 Å². The second-order valence-electron chi connectivity index (χ2n) is 9.81. The maximum Gasteiger partial charge on any atom is 0.215 e. The van der Waals surface area contributed by atoms with Gasteiger partial charge in [-0.05, 0) is 62.3 Å². The Bertz CT molecular complexity index is 1320. The van der Waals surface area contributed by atoms with Gasteiger partial charge in [0, 0.05) is 36.2 Å². The summed E-state index contributed by atoms with van der Waals surface area (Å²) in [5.74, 6) is 0. The monoisotopic (exact) mass is 478 g/mol. The van der Waals surface area contributed by atoms with E-state index in [0.29, 0.717) is 18.0 Å². The number of hydrogen-bond acceptors (Lipinski definition) is 5. The molecule has 2 saturated carbocycles. The summed E-state index contributed by atoms with van der Waals surface area (Å²) in [5, 5.41) is 11.0. The summed E-state index contributed by atoms with van der Waals surface area (Å²) in [7, 11) is -3.24. The van der Waals surface area contributed by atoms with Gasteiger partial charge in [0.05, 0.1) is 35.2 Å². The summed E-state index contributed by atoms with van der Waals surface area (Å²) >= 11 is 0. The van der Waals surface area contributed by atoms with Gasteiger partial charge in [0.1, 0.15) is 6.07 Å². The molecule has 2 aromatic rings. The maximum absolute atomic E-state index is 12.4. The molecule has 0 amide bonds. The molecule has 34 heavy (non-hydrogen) atoms. The Morgan fingerprint density at radius 1 is 1.12 bits per heavy atom. The number of rotatable bonds is 6. The Labute approximate surface area is 200 Å². The molecule has 8 heteroatoms. The van der Waals surface area contributed by atoms with E-state index in [1.807, 2.05) is 12.2 Å². The van der Waals surface area contributed by atoms with Gasteiger partial charge in [-0.1, -0.05) is 18.2 Å². The number of sulfonamides is 1. The van der Waals surface area contributed by atoms with E-state index in [4.69, 9.17) is 4.74 Å². The number of anilines is 1. The fourth-order valence-electron chi connectivity index (χ4n) is 5.31. The van der Waals surface area contributed by atoms with Crippen molar-refractivity contribution in [3.05, 3.63) is 47.7 Å². The zero-order valence-corrected chi connectivity index (χ0v) is 20.1. The molecule has 1 N–H and O–H groups in total. The van der Waals surface area contributed by atoms with Crippen LogP contribution in [0.4, 0.5) is 5.69 Å². The Kier molecular flexibility index (Phi) is 5.51. The fraction of sp³-hybridized carbons (Fsp3) is 0.500. The zero-order chi connectivity index (χ0) is 23.3. The molecule has 4 aliphatic rings. The molecule has 1 aromatic carbocycles. The second-order valence-corrected chi connectivity index (χ2v) is 11.8. The molecule has 1 unspecified atom stereocenters. The van der Waals surface area contributed by atoms with Crippen LogP contribution in [0, 0.1) is 11.3 Å². The van der Waals surface area contributed by atoms with Crippen LogP contribution in [0.5, 0.6) is 0 Å². The minimum atomic E-state index is -3.24. The van der Waals surface area contributed by atoms with Crippen LogP contribution < -0.4 is 9.62 Å². The smallest absolute Gasteiger partial charge is 0.215 e. The van der Waals surface area contributed by atoms with Crippen LogP contribution in [0.2, 0.25) is 0 Å². The lowest BCUT2D eigenvalue weighted by atomic mass is 9.91. The predicted molar refractivity (Wildman–Crippen MR) is 133 cm³/mol. The largest absolute Gasteiger partial charge is 0.378 e. The molecule has 178 valence electrons. The molecule has 1 saturated heterocycles. The van der Waals surface area contributed by atoms with Gasteiger partial charge in [-0.15, -0.1) is 0 Å². The first-order valence-electron chi connectivity index (χ1n) is 12.4. The molecule has 1 atom stereocenters. The Hall–Kier alpha value is -2.60. The Morgan fingerprint density at radius 3 is 2.53 bits per heavy atom. The third kappa shape index (κ3) is 3.86. The SMILES string of the molecule is N#Cc1c(C2=CCC(NS(=O)(=O)C3CC3)C=C2)n(C2CCC2)c2cc(N3CCOCC3)ccc12. The number of hydrogen-bond donors (Lipinski definition) is 1. The standard InChI is InChI=1S/C26H30N4O3S/c27-17-24-23-11-8-21(29-12-14-33-15-13-29)16-25(23)30(20-2-1-3-20)26(24)18-4-6-19(7-5-18)28-34(31,32)22-9-10-22/h4-6,8,11,16,19-20,22,28H,1-3,7,9-10,12-15H2. The molecule has 3 aliphatic carbocycles. The van der Waals surface area contributed by atoms with Gasteiger partial charge in [0.2, 0.25) is 10.0 Å². The third-order valence-corrected chi connectivity index (χ3v) is 9.55. The van der Waals surface area contributed by atoms with Crippen LogP contribution in [-0.2, 0) is 14.8 Å². The van der Waals surface area contributed by atoms with Crippen molar-refractivity contribution in [1.29, 1.82) is 5.26 Å². The van der Waals surface area contributed by atoms with E-state index in [1.165, 1.54) is 12.1 Å². The van der Waals surface area contributed by atoms with Crippen LogP contribution >= 0.6 is 0 Å². The lowest BCUT2D eigenvalue weighted by Gasteiger charge is -2.32. The molecule has 0 spiro atoms. The number of fused-ring (bicyclic) bond motifs is 1. The predicted octanol–water partition coefficient (Wildman–Crippen LogP) is 3.87. The van der Waals surface area contributed by atoms with Crippen LogP contribution in [0.1, 0.15) is 55.8 Å². The highest BCUT2D eigenvalue weighted by Gasteiger charge is 2.37. The van der Waals surface area contributed by atoms with Gasteiger partial charge in [-0.2, -0.15) is 5.26 Å². The molecule has 0 bridgehead atoms. The van der Waals surface area contributed by atoms with E-state index in [-0.39, 0.29) is 11.3 Å². The lowest BCUT2D eigenvalue weighted by molar-refractivity contribution is 0.122. The van der Waals surface area contributed by atoms with Crippen molar-refractivity contribution in [2.75, 3.05) is 31.2 Å². The number of nitrogens with one attached hydrogen (secondary N) is 1. The van der Waals surface area contributed by atoms with Crippen molar-refractivity contribution in [3.8, 4) is 6.07 Å². The third-order valence-electron chi connectivity index (χ3n) is 7.57. The summed E-state index contributed by atoms with van der Waals surface area (Å²) < 4.78 is 35.5. The van der Waals surface area contributed by atoms with E-state index in [9.17, 15) is 13.7 Å². The van der Waals surface area contributed by atoms with E-state index in [0.717, 1.165) is 74.2 Å². The number of morpholine rings is 1. The molecular weight excluding hydrogens is 448 g/mol. The number of nitrogens with zero attached hydrogens (tertiary/aromatic N) is 3. The van der Waals surface area contributed by atoms with Crippen molar-refractivity contribution in [2.24, 2.45) is 0 Å². The molecule has 1 aromatic heterocycles. The summed E-state index contributed by atoms with van der Waals surface area (Å²) in [6.45, 7) is 3.22.